The Morgan fingerprint density at radius 2 is 1.49 bits per heavy atom. The molecule has 2 fully saturated rings. The number of carbonyl (C=O) groups is 4. The standard InChI is InChI=1S/C43H54N8O6/c1-24(2)35(48-42(54)57-6)40(52)50-20-8-12-33(50)38-44-23-32(46-38)27-16-14-26(15-17-27)28-18-19-30-29(22-28)10-7-11-31-36(30)47-39(45-31)34-13-9-21-51(34)41(53)37(25(3)4)49(5)43(55)56/h14-19,22-25,33-35,37H,7-13,20-21H2,1-6H3,(H,44,46)(H,45,47)(H,48,54)(H,55,56)/t33-,34-,35-,37-/m0/s1. The number of methoxy groups -OCH3 is 1. The first-order valence-corrected chi connectivity index (χ1v) is 20.1. The molecule has 14 nitrogen and oxygen atoms in total. The van der Waals surface area contributed by atoms with E-state index in [4.69, 9.17) is 14.7 Å². The molecule has 0 spiro atoms. The predicted molar refractivity (Wildman–Crippen MR) is 215 cm³/mol. The lowest BCUT2D eigenvalue weighted by molar-refractivity contribution is -0.138. The molecule has 2 aromatic heterocycles. The number of aromatic amines is 2. The Kier molecular flexibility index (Phi) is 11.4. The van der Waals surface area contributed by atoms with E-state index in [0.29, 0.717) is 13.1 Å². The molecule has 4 amide bonds. The zero-order valence-electron chi connectivity index (χ0n) is 33.7. The third kappa shape index (κ3) is 7.86. The third-order valence-electron chi connectivity index (χ3n) is 11.9. The van der Waals surface area contributed by atoms with Gasteiger partial charge in [-0.15, -0.1) is 0 Å². The Balaban J connectivity index is 1.07. The molecular weight excluding hydrogens is 725 g/mol. The van der Waals surface area contributed by atoms with Gasteiger partial charge in [-0.2, -0.15) is 0 Å². The topological polar surface area (TPSA) is 177 Å². The number of aromatic nitrogens is 4. The average molecular weight is 779 g/mol. The molecule has 1 aliphatic carbocycles. The highest BCUT2D eigenvalue weighted by Crippen LogP contribution is 2.39. The maximum Gasteiger partial charge on any atom is 0.407 e. The van der Waals surface area contributed by atoms with Crippen molar-refractivity contribution < 1.29 is 29.0 Å². The molecule has 0 radical (unpaired) electrons. The molecule has 57 heavy (non-hydrogen) atoms. The Morgan fingerprint density at radius 3 is 2.14 bits per heavy atom. The zero-order valence-corrected chi connectivity index (χ0v) is 33.7. The van der Waals surface area contributed by atoms with Crippen molar-refractivity contribution in [3.8, 4) is 33.6 Å². The molecule has 2 aromatic carbocycles. The van der Waals surface area contributed by atoms with Gasteiger partial charge in [0.25, 0.3) is 0 Å². The van der Waals surface area contributed by atoms with Crippen LogP contribution in [0.2, 0.25) is 0 Å². The number of alkyl carbamates (subject to hydrolysis) is 1. The molecule has 2 aliphatic heterocycles. The van der Waals surface area contributed by atoms with Crippen LogP contribution in [0.3, 0.4) is 0 Å². The van der Waals surface area contributed by atoms with Crippen LogP contribution in [0, 0.1) is 11.8 Å². The van der Waals surface area contributed by atoms with Crippen LogP contribution in [0.15, 0.2) is 48.7 Å². The first kappa shape index (κ1) is 39.6. The van der Waals surface area contributed by atoms with E-state index >= 15 is 0 Å². The minimum Gasteiger partial charge on any atom is -0.465 e. The molecular formula is C43H54N8O6. The number of likely N-dealkylation sites (tertiary alicyclic amines) is 2. The van der Waals surface area contributed by atoms with Crippen molar-refractivity contribution in [3.63, 3.8) is 0 Å². The van der Waals surface area contributed by atoms with Gasteiger partial charge in [-0.05, 0) is 79.0 Å². The van der Waals surface area contributed by atoms with Gasteiger partial charge in [0.05, 0.1) is 36.8 Å². The van der Waals surface area contributed by atoms with E-state index < -0.39 is 24.3 Å². The molecule has 3 aliphatic rings. The van der Waals surface area contributed by atoms with Crippen LogP contribution >= 0.6 is 0 Å². The number of rotatable bonds is 10. The molecule has 0 saturated carbocycles. The van der Waals surface area contributed by atoms with Gasteiger partial charge in [0.1, 0.15) is 23.7 Å². The number of nitrogens with one attached hydrogen (secondary N) is 3. The van der Waals surface area contributed by atoms with Crippen LogP contribution in [-0.4, -0.2) is 103 Å². The number of likely N-dealkylation sites (N-methyl/N-ethyl adjacent to an activating group) is 1. The summed E-state index contributed by atoms with van der Waals surface area (Å²) in [4.78, 5) is 72.8. The number of carbonyl (C=O) groups excluding carboxylic acids is 3. The van der Waals surface area contributed by atoms with Gasteiger partial charge >= 0.3 is 12.2 Å². The minimum atomic E-state index is -1.11. The SMILES string of the molecule is COC(=O)N[C@H](C(=O)N1CCC[C@H]1c1ncc(-c2ccc(-c3ccc4c(c3)CCCc3[nH]c([C@@H]5CCCN5C(=O)[C@H](C(C)C)N(C)C(=O)O)nc3-4)cc2)[nH]1)C(C)C. The summed E-state index contributed by atoms with van der Waals surface area (Å²) in [7, 11) is 2.76. The highest BCUT2D eigenvalue weighted by Gasteiger charge is 2.41. The molecule has 7 rings (SSSR count). The van der Waals surface area contributed by atoms with Gasteiger partial charge in [-0.25, -0.2) is 19.6 Å². The summed E-state index contributed by atoms with van der Waals surface area (Å²) in [6.45, 7) is 8.73. The number of imidazole rings is 2. The monoisotopic (exact) mass is 778 g/mol. The second-order valence-electron chi connectivity index (χ2n) is 16.3. The predicted octanol–water partition coefficient (Wildman–Crippen LogP) is 6.96. The molecule has 0 bridgehead atoms. The lowest BCUT2D eigenvalue weighted by atomic mass is 9.95. The molecule has 2 saturated heterocycles. The van der Waals surface area contributed by atoms with Gasteiger partial charge in [-0.3, -0.25) is 14.5 Å². The molecule has 4 heterocycles. The molecule has 14 heteroatoms. The second kappa shape index (κ2) is 16.4. The summed E-state index contributed by atoms with van der Waals surface area (Å²) < 4.78 is 4.77. The minimum absolute atomic E-state index is 0.107. The van der Waals surface area contributed by atoms with Crippen LogP contribution in [0.4, 0.5) is 9.59 Å². The fourth-order valence-corrected chi connectivity index (χ4v) is 8.85. The van der Waals surface area contributed by atoms with Crippen LogP contribution in [0.1, 0.15) is 94.8 Å². The highest BCUT2D eigenvalue weighted by atomic mass is 16.5. The van der Waals surface area contributed by atoms with Gasteiger partial charge in [0, 0.05) is 31.4 Å². The fraction of sp³-hybridized carbons (Fsp3) is 0.488. The van der Waals surface area contributed by atoms with E-state index in [9.17, 15) is 24.3 Å². The van der Waals surface area contributed by atoms with E-state index in [0.717, 1.165) is 101 Å². The van der Waals surface area contributed by atoms with Crippen LogP contribution in [0.5, 0.6) is 0 Å². The van der Waals surface area contributed by atoms with Crippen molar-refractivity contribution in [1.82, 2.24) is 40.0 Å². The van der Waals surface area contributed by atoms with Crippen LogP contribution in [-0.2, 0) is 27.2 Å². The number of amides is 4. The number of nitrogens with zero attached hydrogens (tertiary/aromatic N) is 5. The summed E-state index contributed by atoms with van der Waals surface area (Å²) in [6, 6.07) is 13.0. The summed E-state index contributed by atoms with van der Waals surface area (Å²) in [6.07, 6.45) is 6.04. The van der Waals surface area contributed by atoms with Gasteiger partial charge in [0.15, 0.2) is 0 Å². The third-order valence-corrected chi connectivity index (χ3v) is 11.9. The summed E-state index contributed by atoms with van der Waals surface area (Å²) in [5.74, 6) is 0.906. The Hall–Kier alpha value is -5.66. The lowest BCUT2D eigenvalue weighted by Crippen LogP contribution is -2.51. The summed E-state index contributed by atoms with van der Waals surface area (Å²) in [5.41, 5.74) is 8.37. The first-order valence-electron chi connectivity index (χ1n) is 20.1. The highest BCUT2D eigenvalue weighted by molar-refractivity contribution is 5.87. The molecule has 302 valence electrons. The normalized spacial score (nSPS) is 18.9. The quantitative estimate of drug-likeness (QED) is 0.134. The lowest BCUT2D eigenvalue weighted by Gasteiger charge is -2.33. The van der Waals surface area contributed by atoms with E-state index in [-0.39, 0.29) is 35.7 Å². The average Bonchev–Trinajstić information content (AvgIpc) is 4.02. The van der Waals surface area contributed by atoms with E-state index in [2.05, 4.69) is 57.7 Å². The number of carboxylic acid groups (broad SMARTS) is 1. The number of fused-ring (bicyclic) bond motifs is 3. The number of aryl methyl sites for hydroxylation is 2. The number of benzene rings is 2. The first-order chi connectivity index (χ1) is 27.4. The van der Waals surface area contributed by atoms with Gasteiger partial charge < -0.3 is 34.9 Å². The zero-order chi connectivity index (χ0) is 40.5. The Labute approximate surface area is 333 Å². The Bertz CT molecular complexity index is 2120. The van der Waals surface area contributed by atoms with Crippen molar-refractivity contribution in [2.24, 2.45) is 11.8 Å². The largest absolute Gasteiger partial charge is 0.465 e. The molecule has 4 aromatic rings. The maximum absolute atomic E-state index is 13.8. The summed E-state index contributed by atoms with van der Waals surface area (Å²) in [5, 5.41) is 12.4. The van der Waals surface area contributed by atoms with E-state index in [1.54, 1.807) is 0 Å². The van der Waals surface area contributed by atoms with Gasteiger partial charge in [0.2, 0.25) is 11.8 Å². The van der Waals surface area contributed by atoms with Crippen LogP contribution in [0.25, 0.3) is 33.6 Å². The number of hydrogen-bond acceptors (Lipinski definition) is 7. The smallest absolute Gasteiger partial charge is 0.407 e. The van der Waals surface area contributed by atoms with Crippen molar-refractivity contribution in [2.75, 3.05) is 27.2 Å². The fourth-order valence-electron chi connectivity index (χ4n) is 8.85. The molecule has 4 atom stereocenters. The van der Waals surface area contributed by atoms with Crippen molar-refractivity contribution >= 4 is 24.0 Å². The van der Waals surface area contributed by atoms with Gasteiger partial charge in [-0.1, -0.05) is 70.2 Å². The van der Waals surface area contributed by atoms with E-state index in [1.807, 2.05) is 43.7 Å². The number of ether oxygens (including phenoxy) is 1. The van der Waals surface area contributed by atoms with Crippen molar-refractivity contribution in [3.05, 3.63) is 71.6 Å². The number of H-pyrrole nitrogens is 2. The second-order valence-corrected chi connectivity index (χ2v) is 16.3. The van der Waals surface area contributed by atoms with Crippen molar-refractivity contribution in [1.29, 1.82) is 0 Å². The van der Waals surface area contributed by atoms with E-state index in [1.165, 1.54) is 19.7 Å². The summed E-state index contributed by atoms with van der Waals surface area (Å²) >= 11 is 0. The maximum atomic E-state index is 13.8. The molecule has 4 N–H and O–H groups in total. The molecule has 0 unspecified atom stereocenters. The Morgan fingerprint density at radius 1 is 0.842 bits per heavy atom. The van der Waals surface area contributed by atoms with Crippen molar-refractivity contribution in [2.45, 2.75) is 96.8 Å². The van der Waals surface area contributed by atoms with Crippen LogP contribution < -0.4 is 5.32 Å². The number of hydrogen-bond donors (Lipinski definition) is 4.